The van der Waals surface area contributed by atoms with Gasteiger partial charge in [-0.25, -0.2) is 0 Å². The molecule has 0 bridgehead atoms. The average Bonchev–Trinajstić information content (AvgIpc) is 3.11. The minimum atomic E-state index is -1.92. The van der Waals surface area contributed by atoms with Crippen molar-refractivity contribution in [1.82, 2.24) is 0 Å². The Morgan fingerprint density at radius 2 is 1.33 bits per heavy atom. The zero-order valence-corrected chi connectivity index (χ0v) is 30.2. The van der Waals surface area contributed by atoms with Gasteiger partial charge in [0.15, 0.2) is 30.4 Å². The van der Waals surface area contributed by atoms with Crippen LogP contribution in [0.5, 0.6) is 17.2 Å². The molecule has 3 heterocycles. The van der Waals surface area contributed by atoms with Gasteiger partial charge in [-0.15, -0.1) is 0 Å². The Bertz CT molecular complexity index is 1800. The summed E-state index contributed by atoms with van der Waals surface area (Å²) in [6, 6.07) is 3.84. The van der Waals surface area contributed by atoms with E-state index >= 15 is 0 Å². The van der Waals surface area contributed by atoms with Crippen molar-refractivity contribution < 1.29 is 78.6 Å². The SMILES string of the molecule is CCC1(O)CC(OC2CC(O)C(OC3CC(O)C(OC4CCC(=O)C(C)O4)C(C)O3)C(C)O2)c2c(O)c3c(c(O)c2C1O)C(=O)c1cccc(O)c1C3=O. The van der Waals surface area contributed by atoms with E-state index in [2.05, 4.69) is 0 Å². The standard InChI is InChI=1S/C38H46O16/c1-5-38(48)13-22(27-30(37(38)47)34(46)28-29(33(27)45)32(44)26-17(31(28)43)7-6-8-19(26)40)52-24-11-20(41)36(16(4)50-24)54-25-12-21(42)35(15(3)51-25)53-23-10-9-18(39)14(2)49-23/h6-8,14-16,20-25,35-37,40-42,45-48H,5,9-13H2,1-4H3. The zero-order chi connectivity index (χ0) is 39.0. The number of fused-ring (bicyclic) bond motifs is 3. The van der Waals surface area contributed by atoms with Crippen LogP contribution in [-0.4, -0.2) is 120 Å². The quantitative estimate of drug-likeness (QED) is 0.170. The number of ether oxygens (including phenoxy) is 6. The van der Waals surface area contributed by atoms with Gasteiger partial charge in [0.05, 0.1) is 52.8 Å². The molecule has 3 aliphatic heterocycles. The van der Waals surface area contributed by atoms with Crippen LogP contribution in [0, 0.1) is 0 Å². The number of ketones is 3. The smallest absolute Gasteiger partial charge is 0.202 e. The molecule has 2 aliphatic carbocycles. The number of hydrogen-bond acceptors (Lipinski definition) is 16. The first-order chi connectivity index (χ1) is 25.5. The van der Waals surface area contributed by atoms with Crippen LogP contribution in [0.25, 0.3) is 0 Å². The van der Waals surface area contributed by atoms with Crippen molar-refractivity contribution in [2.45, 2.75) is 146 Å². The molecule has 7 N–H and O–H groups in total. The molecule has 16 heteroatoms. The maximum atomic E-state index is 13.7. The Kier molecular flexibility index (Phi) is 10.4. The van der Waals surface area contributed by atoms with Gasteiger partial charge in [-0.1, -0.05) is 19.1 Å². The molecule has 16 nitrogen and oxygen atoms in total. The number of aliphatic hydroxyl groups excluding tert-OH is 3. The lowest BCUT2D eigenvalue weighted by Gasteiger charge is -2.46. The summed E-state index contributed by atoms with van der Waals surface area (Å²) in [4.78, 5) is 39.1. The van der Waals surface area contributed by atoms with Gasteiger partial charge in [-0.3, -0.25) is 14.4 Å². The molecule has 7 rings (SSSR count). The largest absolute Gasteiger partial charge is 0.507 e. The third-order valence-corrected chi connectivity index (χ3v) is 11.4. The summed E-state index contributed by atoms with van der Waals surface area (Å²) >= 11 is 0. The molecule has 3 saturated heterocycles. The fourth-order valence-corrected chi connectivity index (χ4v) is 8.37. The van der Waals surface area contributed by atoms with Crippen molar-refractivity contribution >= 4 is 17.3 Å². The maximum Gasteiger partial charge on any atom is 0.202 e. The van der Waals surface area contributed by atoms with Crippen LogP contribution >= 0.6 is 0 Å². The summed E-state index contributed by atoms with van der Waals surface area (Å²) in [6.07, 6.45) is -11.9. The van der Waals surface area contributed by atoms with Gasteiger partial charge in [0.25, 0.3) is 0 Å². The summed E-state index contributed by atoms with van der Waals surface area (Å²) in [5, 5.41) is 78.8. The molecule has 0 spiro atoms. The topological polar surface area (TPSA) is 248 Å². The highest BCUT2D eigenvalue weighted by Gasteiger charge is 2.52. The van der Waals surface area contributed by atoms with Gasteiger partial charge in [0.2, 0.25) is 5.78 Å². The first kappa shape index (κ1) is 38.7. The molecule has 2 aromatic carbocycles. The van der Waals surface area contributed by atoms with Crippen LogP contribution in [0.4, 0.5) is 0 Å². The lowest BCUT2D eigenvalue weighted by atomic mass is 9.70. The summed E-state index contributed by atoms with van der Waals surface area (Å²) in [5.41, 5.74) is -4.32. The fraction of sp³-hybridized carbons (Fsp3) is 0.605. The minimum Gasteiger partial charge on any atom is -0.507 e. The van der Waals surface area contributed by atoms with E-state index in [0.717, 1.165) is 0 Å². The highest BCUT2D eigenvalue weighted by molar-refractivity contribution is 6.31. The van der Waals surface area contributed by atoms with E-state index in [1.54, 1.807) is 27.7 Å². The lowest BCUT2D eigenvalue weighted by molar-refractivity contribution is -0.330. The Morgan fingerprint density at radius 3 is 1.93 bits per heavy atom. The van der Waals surface area contributed by atoms with Gasteiger partial charge in [0, 0.05) is 48.8 Å². The number of aromatic hydroxyl groups is 3. The van der Waals surface area contributed by atoms with E-state index in [9.17, 15) is 50.1 Å². The van der Waals surface area contributed by atoms with Crippen molar-refractivity contribution in [2.24, 2.45) is 0 Å². The third kappa shape index (κ3) is 6.51. The van der Waals surface area contributed by atoms with Crippen molar-refractivity contribution in [1.29, 1.82) is 0 Å². The fourth-order valence-electron chi connectivity index (χ4n) is 8.37. The van der Waals surface area contributed by atoms with Crippen molar-refractivity contribution in [3.8, 4) is 17.2 Å². The maximum absolute atomic E-state index is 13.7. The number of carbonyl (C=O) groups excluding carboxylic acids is 3. The number of benzene rings is 2. The lowest BCUT2D eigenvalue weighted by Crippen LogP contribution is -2.55. The molecule has 3 fully saturated rings. The number of phenols is 3. The highest BCUT2D eigenvalue weighted by atomic mass is 16.7. The number of carbonyl (C=O) groups is 3. The molecule has 0 radical (unpaired) electrons. The molecule has 2 aromatic rings. The zero-order valence-electron chi connectivity index (χ0n) is 30.2. The molecule has 13 unspecified atom stereocenters. The van der Waals surface area contributed by atoms with E-state index in [4.69, 9.17) is 28.4 Å². The summed E-state index contributed by atoms with van der Waals surface area (Å²) < 4.78 is 36.1. The minimum absolute atomic E-state index is 0.000567. The number of phenolic OH excluding ortho intramolecular Hbond substituents is 3. The van der Waals surface area contributed by atoms with Crippen LogP contribution in [-0.2, 0) is 33.2 Å². The van der Waals surface area contributed by atoms with E-state index in [0.29, 0.717) is 12.8 Å². The van der Waals surface area contributed by atoms with Crippen molar-refractivity contribution in [2.75, 3.05) is 0 Å². The molecule has 0 aromatic heterocycles. The Hall–Kier alpha value is -3.55. The molecular formula is C38H46O16. The second kappa shape index (κ2) is 14.5. The van der Waals surface area contributed by atoms with Gasteiger partial charge in [0.1, 0.15) is 41.7 Å². The predicted octanol–water partition coefficient (Wildman–Crippen LogP) is 2.07. The normalized spacial score (nSPS) is 38.1. The first-order valence-electron chi connectivity index (χ1n) is 18.3. The van der Waals surface area contributed by atoms with E-state index in [1.165, 1.54) is 18.2 Å². The average molecular weight is 759 g/mol. The number of rotatable bonds is 7. The number of hydrogen-bond donors (Lipinski definition) is 7. The van der Waals surface area contributed by atoms with Crippen LogP contribution < -0.4 is 0 Å². The second-order valence-electron chi connectivity index (χ2n) is 14.9. The summed E-state index contributed by atoms with van der Waals surface area (Å²) in [7, 11) is 0. The van der Waals surface area contributed by atoms with Gasteiger partial charge in [-0.05, 0) is 33.3 Å². The van der Waals surface area contributed by atoms with E-state index in [-0.39, 0.29) is 48.2 Å². The first-order valence-corrected chi connectivity index (χ1v) is 18.3. The number of Topliss-reactive ketones (excluding diaryl/α,β-unsaturated/α-hetero) is 1. The van der Waals surface area contributed by atoms with E-state index in [1.807, 2.05) is 0 Å². The van der Waals surface area contributed by atoms with Crippen LogP contribution in [0.2, 0.25) is 0 Å². The highest BCUT2D eigenvalue weighted by Crippen LogP contribution is 2.56. The van der Waals surface area contributed by atoms with Gasteiger partial charge >= 0.3 is 0 Å². The van der Waals surface area contributed by atoms with Crippen molar-refractivity contribution in [3.05, 3.63) is 51.6 Å². The van der Waals surface area contributed by atoms with Crippen LogP contribution in [0.3, 0.4) is 0 Å². The Balaban J connectivity index is 1.08. The molecule has 5 aliphatic rings. The monoisotopic (exact) mass is 758 g/mol. The molecular weight excluding hydrogens is 712 g/mol. The Morgan fingerprint density at radius 1 is 0.759 bits per heavy atom. The van der Waals surface area contributed by atoms with Gasteiger partial charge < -0.3 is 64.2 Å². The molecule has 0 amide bonds. The Labute approximate surface area is 310 Å². The van der Waals surface area contributed by atoms with E-state index < -0.39 is 125 Å². The molecule has 13 atom stereocenters. The third-order valence-electron chi connectivity index (χ3n) is 11.4. The molecule has 294 valence electrons. The summed E-state index contributed by atoms with van der Waals surface area (Å²) in [6.45, 7) is 6.56. The second-order valence-corrected chi connectivity index (χ2v) is 14.9. The number of aliphatic hydroxyl groups is 4. The summed E-state index contributed by atoms with van der Waals surface area (Å²) in [5.74, 6) is -3.94. The van der Waals surface area contributed by atoms with Gasteiger partial charge in [-0.2, -0.15) is 0 Å². The molecule has 0 saturated carbocycles. The molecule has 54 heavy (non-hydrogen) atoms. The van der Waals surface area contributed by atoms with Crippen LogP contribution in [0.1, 0.15) is 121 Å². The van der Waals surface area contributed by atoms with Crippen LogP contribution in [0.15, 0.2) is 18.2 Å². The van der Waals surface area contributed by atoms with Crippen molar-refractivity contribution in [3.63, 3.8) is 0 Å². The predicted molar refractivity (Wildman–Crippen MR) is 182 cm³/mol.